The van der Waals surface area contributed by atoms with Gasteiger partial charge in [-0.25, -0.2) is 0 Å². The fourth-order valence-electron chi connectivity index (χ4n) is 5.57. The Kier molecular flexibility index (Phi) is 8.97. The number of piperazine rings is 1. The van der Waals surface area contributed by atoms with Crippen LogP contribution in [-0.4, -0.2) is 59.9 Å². The predicted octanol–water partition coefficient (Wildman–Crippen LogP) is 5.61. The van der Waals surface area contributed by atoms with Gasteiger partial charge in [-0.15, -0.1) is 0 Å². The third-order valence-corrected chi connectivity index (χ3v) is 8.14. The molecule has 1 aliphatic heterocycles. The van der Waals surface area contributed by atoms with E-state index in [4.69, 9.17) is 4.42 Å². The molecule has 2 aromatic heterocycles. The first-order chi connectivity index (χ1) is 20.6. The maximum Gasteiger partial charge on any atom is 0.293 e. The highest BCUT2D eigenvalue weighted by atomic mass is 16.3. The second-order valence-corrected chi connectivity index (χ2v) is 12.0. The molecule has 0 radical (unpaired) electrons. The Labute approximate surface area is 252 Å². The lowest BCUT2D eigenvalue weighted by molar-refractivity contribution is -0.123. The zero-order valence-corrected chi connectivity index (χ0v) is 25.4. The molecule has 4 aromatic rings. The highest BCUT2D eigenvalue weighted by Gasteiger charge is 2.21. The highest BCUT2D eigenvalue weighted by molar-refractivity contribution is 6.05. The number of carbonyl (C=O) groups is 3. The number of anilines is 1. The largest absolute Gasteiger partial charge is 0.451 e. The minimum atomic E-state index is -0.521. The monoisotopic (exact) mass is 581 g/mol. The van der Waals surface area contributed by atoms with E-state index in [0.29, 0.717) is 11.1 Å². The van der Waals surface area contributed by atoms with Crippen molar-refractivity contribution in [2.75, 3.05) is 37.6 Å². The van der Waals surface area contributed by atoms with E-state index in [0.717, 1.165) is 79.5 Å². The molecule has 0 unspecified atom stereocenters. The smallest absolute Gasteiger partial charge is 0.293 e. The molecule has 3 heterocycles. The zero-order valence-electron chi connectivity index (χ0n) is 25.4. The second-order valence-electron chi connectivity index (χ2n) is 12.0. The van der Waals surface area contributed by atoms with Crippen LogP contribution in [0.2, 0.25) is 0 Å². The molecule has 224 valence electrons. The van der Waals surface area contributed by atoms with E-state index in [1.54, 1.807) is 30.5 Å². The van der Waals surface area contributed by atoms with Crippen LogP contribution in [-0.2, 0) is 11.2 Å². The molecule has 1 fully saturated rings. The van der Waals surface area contributed by atoms with Gasteiger partial charge in [-0.2, -0.15) is 5.26 Å². The van der Waals surface area contributed by atoms with E-state index in [9.17, 15) is 19.6 Å². The van der Waals surface area contributed by atoms with Crippen molar-refractivity contribution < 1.29 is 18.8 Å². The second kappa shape index (κ2) is 12.8. The Hall–Kier alpha value is -4.42. The quantitative estimate of drug-likeness (QED) is 0.256. The summed E-state index contributed by atoms with van der Waals surface area (Å²) in [6.45, 7) is 12.0. The Morgan fingerprint density at radius 2 is 1.72 bits per heavy atom. The molecule has 0 saturated carbocycles. The molecule has 9 nitrogen and oxygen atoms in total. The lowest BCUT2D eigenvalue weighted by atomic mass is 10.0. The summed E-state index contributed by atoms with van der Waals surface area (Å²) in [6.07, 6.45) is 4.88. The maximum atomic E-state index is 12.8. The van der Waals surface area contributed by atoms with Gasteiger partial charge in [0.15, 0.2) is 5.76 Å². The number of aromatic nitrogens is 1. The number of aryl methyl sites for hydroxylation is 1. The summed E-state index contributed by atoms with van der Waals surface area (Å²) in [6, 6.07) is 15.4. The van der Waals surface area contributed by atoms with E-state index in [-0.39, 0.29) is 29.4 Å². The van der Waals surface area contributed by atoms with Crippen LogP contribution in [0.5, 0.6) is 0 Å². The van der Waals surface area contributed by atoms with Gasteiger partial charge >= 0.3 is 0 Å². The molecule has 9 heteroatoms. The van der Waals surface area contributed by atoms with E-state index >= 15 is 0 Å². The molecule has 2 amide bonds. The van der Waals surface area contributed by atoms with Crippen LogP contribution in [0.4, 0.5) is 5.69 Å². The molecule has 43 heavy (non-hydrogen) atoms. The van der Waals surface area contributed by atoms with Gasteiger partial charge in [-0.3, -0.25) is 29.2 Å². The van der Waals surface area contributed by atoms with Crippen LogP contribution >= 0.6 is 0 Å². The van der Waals surface area contributed by atoms with Crippen LogP contribution in [0.15, 0.2) is 53.1 Å². The van der Waals surface area contributed by atoms with Crippen molar-refractivity contribution in [3.63, 3.8) is 0 Å². The van der Waals surface area contributed by atoms with Crippen LogP contribution in [0.1, 0.15) is 67.0 Å². The number of hydrogen-bond acceptors (Lipinski definition) is 7. The SMILES string of the molecule is CC(C)C(=O)NC(=O)c1cc2cc(N3CCN(CCCCc4cn(C(=O)C(C)C)c5ccc(C#N)cc45)CC3)ccc2o1. The Morgan fingerprint density at radius 3 is 2.42 bits per heavy atom. The van der Waals surface area contributed by atoms with Crippen molar-refractivity contribution in [1.82, 2.24) is 14.8 Å². The normalized spacial score (nSPS) is 14.1. The molecular weight excluding hydrogens is 542 g/mol. The molecule has 1 saturated heterocycles. The summed E-state index contributed by atoms with van der Waals surface area (Å²) >= 11 is 0. The fraction of sp³-hybridized carbons (Fsp3) is 0.412. The van der Waals surface area contributed by atoms with Gasteiger partial charge < -0.3 is 9.32 Å². The minimum Gasteiger partial charge on any atom is -0.451 e. The van der Waals surface area contributed by atoms with Crippen LogP contribution in [0, 0.1) is 23.2 Å². The number of unbranched alkanes of at least 4 members (excludes halogenated alkanes) is 1. The zero-order chi connectivity index (χ0) is 30.7. The molecule has 0 aliphatic carbocycles. The molecule has 0 bridgehead atoms. The first-order valence-corrected chi connectivity index (χ1v) is 15.1. The number of nitriles is 1. The summed E-state index contributed by atoms with van der Waals surface area (Å²) < 4.78 is 7.44. The minimum absolute atomic E-state index is 0.0646. The molecule has 1 N–H and O–H groups in total. The van der Waals surface area contributed by atoms with Crippen molar-refractivity contribution in [2.24, 2.45) is 11.8 Å². The summed E-state index contributed by atoms with van der Waals surface area (Å²) in [7, 11) is 0. The number of amides is 2. The fourth-order valence-corrected chi connectivity index (χ4v) is 5.57. The topological polar surface area (TPSA) is 112 Å². The number of imide groups is 1. The van der Waals surface area contributed by atoms with E-state index in [2.05, 4.69) is 21.2 Å². The summed E-state index contributed by atoms with van der Waals surface area (Å²) in [5.74, 6) is -1.05. The molecule has 0 spiro atoms. The van der Waals surface area contributed by atoms with Gasteiger partial charge in [0, 0.05) is 60.7 Å². The molecule has 0 atom stereocenters. The van der Waals surface area contributed by atoms with Crippen LogP contribution < -0.4 is 10.2 Å². The van der Waals surface area contributed by atoms with Crippen LogP contribution in [0.3, 0.4) is 0 Å². The van der Waals surface area contributed by atoms with Gasteiger partial charge in [-0.1, -0.05) is 27.7 Å². The third kappa shape index (κ3) is 6.65. The number of rotatable bonds is 9. The summed E-state index contributed by atoms with van der Waals surface area (Å²) in [5.41, 5.74) is 4.30. The number of benzene rings is 2. The summed E-state index contributed by atoms with van der Waals surface area (Å²) in [4.78, 5) is 41.9. The van der Waals surface area contributed by atoms with Crippen molar-refractivity contribution in [3.05, 3.63) is 65.5 Å². The number of hydrogen-bond donors (Lipinski definition) is 1. The average Bonchev–Trinajstić information content (AvgIpc) is 3.60. The van der Waals surface area contributed by atoms with Crippen molar-refractivity contribution in [1.29, 1.82) is 5.26 Å². The lowest BCUT2D eigenvalue weighted by Gasteiger charge is -2.36. The van der Waals surface area contributed by atoms with E-state index < -0.39 is 5.91 Å². The van der Waals surface area contributed by atoms with Crippen molar-refractivity contribution >= 4 is 45.3 Å². The lowest BCUT2D eigenvalue weighted by Crippen LogP contribution is -2.46. The third-order valence-electron chi connectivity index (χ3n) is 8.14. The average molecular weight is 582 g/mol. The maximum absolute atomic E-state index is 12.8. The van der Waals surface area contributed by atoms with Gasteiger partial charge in [0.1, 0.15) is 5.58 Å². The first-order valence-electron chi connectivity index (χ1n) is 15.1. The van der Waals surface area contributed by atoms with Gasteiger partial charge in [0.2, 0.25) is 11.8 Å². The molecule has 5 rings (SSSR count). The number of furan rings is 1. The van der Waals surface area contributed by atoms with Crippen LogP contribution in [0.25, 0.3) is 21.9 Å². The van der Waals surface area contributed by atoms with Gasteiger partial charge in [-0.05, 0) is 73.8 Å². The van der Waals surface area contributed by atoms with Crippen molar-refractivity contribution in [3.8, 4) is 6.07 Å². The number of nitrogens with zero attached hydrogens (tertiary/aromatic N) is 4. The van der Waals surface area contributed by atoms with Crippen molar-refractivity contribution in [2.45, 2.75) is 47.0 Å². The number of nitrogens with one attached hydrogen (secondary N) is 1. The Bertz CT molecular complexity index is 1700. The molecule has 2 aromatic carbocycles. The van der Waals surface area contributed by atoms with Gasteiger partial charge in [0.25, 0.3) is 5.91 Å². The van der Waals surface area contributed by atoms with E-state index in [1.807, 2.05) is 50.4 Å². The molecular formula is C34H39N5O4. The Morgan fingerprint density at radius 1 is 0.953 bits per heavy atom. The Balaban J connectivity index is 1.14. The number of carbonyl (C=O) groups excluding carboxylic acids is 3. The van der Waals surface area contributed by atoms with Gasteiger partial charge in [0.05, 0.1) is 17.1 Å². The van der Waals surface area contributed by atoms with E-state index in [1.165, 1.54) is 0 Å². The first kappa shape index (κ1) is 30.1. The molecule has 1 aliphatic rings. The standard InChI is InChI=1S/C34H39N5O4/c1-22(2)32(40)36-33(41)31-19-26-18-27(9-11-30(26)43-31)38-15-13-37(14-16-38)12-6-5-7-25-21-39(34(42)23(3)4)29-10-8-24(20-35)17-28(25)29/h8-11,17-19,21-23H,5-7,12-16H2,1-4H3,(H,36,40,41). The predicted molar refractivity (Wildman–Crippen MR) is 167 cm³/mol. The highest BCUT2D eigenvalue weighted by Crippen LogP contribution is 2.27. The number of fused-ring (bicyclic) bond motifs is 2. The summed E-state index contributed by atoms with van der Waals surface area (Å²) in [5, 5.41) is 13.6.